The molecule has 0 aromatic carbocycles. The van der Waals surface area contributed by atoms with Gasteiger partial charge >= 0.3 is 17.9 Å². The van der Waals surface area contributed by atoms with E-state index in [-0.39, 0.29) is 31.1 Å². The van der Waals surface area contributed by atoms with Crippen LogP contribution in [-0.4, -0.2) is 37.2 Å². The predicted molar refractivity (Wildman–Crippen MR) is 325 cm³/mol. The topological polar surface area (TPSA) is 78.9 Å². The molecule has 0 N–H and O–H groups in total. The summed E-state index contributed by atoms with van der Waals surface area (Å²) in [7, 11) is 0. The number of hydrogen-bond acceptors (Lipinski definition) is 6. The van der Waals surface area contributed by atoms with Crippen molar-refractivity contribution in [1.82, 2.24) is 0 Å². The van der Waals surface area contributed by atoms with Crippen LogP contribution in [0.15, 0.2) is 109 Å². The van der Waals surface area contributed by atoms with Crippen LogP contribution in [0.3, 0.4) is 0 Å². The van der Waals surface area contributed by atoms with Gasteiger partial charge in [0, 0.05) is 19.3 Å². The Bertz CT molecular complexity index is 1520. The lowest BCUT2D eigenvalue weighted by atomic mass is 10.0. The highest BCUT2D eigenvalue weighted by atomic mass is 16.6. The second kappa shape index (κ2) is 62.6. The fourth-order valence-corrected chi connectivity index (χ4v) is 8.60. The average molecular weight is 1040 g/mol. The van der Waals surface area contributed by atoms with E-state index < -0.39 is 6.10 Å². The molecule has 0 radical (unpaired) electrons. The fraction of sp³-hybridized carbons (Fsp3) is 0.696. The summed E-state index contributed by atoms with van der Waals surface area (Å²) in [5.41, 5.74) is 0. The molecule has 0 aliphatic rings. The molecular weight excluding hydrogens is 925 g/mol. The quantitative estimate of drug-likeness (QED) is 0.0261. The Kier molecular flexibility index (Phi) is 59.3. The van der Waals surface area contributed by atoms with E-state index in [2.05, 4.69) is 130 Å². The summed E-state index contributed by atoms with van der Waals surface area (Å²) in [6.07, 6.45) is 85.1. The molecule has 75 heavy (non-hydrogen) atoms. The number of rotatable bonds is 56. The average Bonchev–Trinajstić information content (AvgIpc) is 3.41. The minimum atomic E-state index is -0.793. The van der Waals surface area contributed by atoms with E-state index in [1.54, 1.807) is 0 Å². The molecule has 0 amide bonds. The first-order chi connectivity index (χ1) is 37.0. The van der Waals surface area contributed by atoms with Crippen molar-refractivity contribution < 1.29 is 28.6 Å². The van der Waals surface area contributed by atoms with Gasteiger partial charge in [-0.25, -0.2) is 0 Å². The Morgan fingerprint density at radius 1 is 0.280 bits per heavy atom. The number of esters is 3. The zero-order valence-corrected chi connectivity index (χ0v) is 49.0. The molecule has 0 aliphatic carbocycles. The van der Waals surface area contributed by atoms with E-state index in [4.69, 9.17) is 14.2 Å². The zero-order valence-electron chi connectivity index (χ0n) is 49.0. The Balaban J connectivity index is 4.35. The summed E-state index contributed by atoms with van der Waals surface area (Å²) in [4.78, 5) is 38.3. The normalized spacial score (nSPS) is 12.8. The first-order valence-corrected chi connectivity index (χ1v) is 31.4. The first kappa shape index (κ1) is 71.1. The maximum atomic E-state index is 12.9. The van der Waals surface area contributed by atoms with Crippen molar-refractivity contribution in [3.05, 3.63) is 109 Å². The summed E-state index contributed by atoms with van der Waals surface area (Å²) >= 11 is 0. The summed E-state index contributed by atoms with van der Waals surface area (Å²) in [5, 5.41) is 0. The molecule has 0 aromatic heterocycles. The lowest BCUT2D eigenvalue weighted by molar-refractivity contribution is -0.167. The van der Waals surface area contributed by atoms with Gasteiger partial charge in [0.05, 0.1) is 0 Å². The van der Waals surface area contributed by atoms with Crippen LogP contribution in [0.4, 0.5) is 0 Å². The highest BCUT2D eigenvalue weighted by molar-refractivity contribution is 5.71. The highest BCUT2D eigenvalue weighted by Crippen LogP contribution is 2.16. The van der Waals surface area contributed by atoms with Gasteiger partial charge in [0.2, 0.25) is 0 Å². The Morgan fingerprint density at radius 2 is 0.520 bits per heavy atom. The third-order valence-electron chi connectivity index (χ3n) is 13.2. The van der Waals surface area contributed by atoms with Gasteiger partial charge in [-0.3, -0.25) is 14.4 Å². The third-order valence-corrected chi connectivity index (χ3v) is 13.2. The number of ether oxygens (including phenoxy) is 3. The molecule has 6 nitrogen and oxygen atoms in total. The van der Waals surface area contributed by atoms with Gasteiger partial charge in [-0.2, -0.15) is 0 Å². The monoisotopic (exact) mass is 1040 g/mol. The van der Waals surface area contributed by atoms with Gasteiger partial charge in [-0.05, 0) is 122 Å². The zero-order chi connectivity index (χ0) is 54.3. The van der Waals surface area contributed by atoms with Crippen molar-refractivity contribution in [1.29, 1.82) is 0 Å². The molecule has 6 heteroatoms. The molecule has 1 atom stereocenters. The summed E-state index contributed by atoms with van der Waals surface area (Å²) in [6, 6.07) is 0. The maximum absolute atomic E-state index is 12.9. The summed E-state index contributed by atoms with van der Waals surface area (Å²) in [5.74, 6) is -0.909. The van der Waals surface area contributed by atoms with Gasteiger partial charge in [0.15, 0.2) is 6.10 Å². The molecule has 0 fully saturated rings. The minimum absolute atomic E-state index is 0.0882. The van der Waals surface area contributed by atoms with Crippen LogP contribution in [0.5, 0.6) is 0 Å². The molecule has 0 rings (SSSR count). The summed E-state index contributed by atoms with van der Waals surface area (Å²) < 4.78 is 16.9. The van der Waals surface area contributed by atoms with E-state index in [0.717, 1.165) is 135 Å². The maximum Gasteiger partial charge on any atom is 0.306 e. The van der Waals surface area contributed by atoms with E-state index >= 15 is 0 Å². The molecule has 0 bridgehead atoms. The lowest BCUT2D eigenvalue weighted by Crippen LogP contribution is -2.30. The Morgan fingerprint density at radius 3 is 0.813 bits per heavy atom. The number of allylic oxidation sites excluding steroid dienone is 18. The molecule has 0 aliphatic heterocycles. The summed E-state index contributed by atoms with van der Waals surface area (Å²) in [6.45, 7) is 6.39. The number of carbonyl (C=O) groups excluding carboxylic acids is 3. The first-order valence-electron chi connectivity index (χ1n) is 31.4. The Hall–Kier alpha value is -3.93. The van der Waals surface area contributed by atoms with E-state index in [9.17, 15) is 14.4 Å². The van der Waals surface area contributed by atoms with Crippen LogP contribution >= 0.6 is 0 Å². The van der Waals surface area contributed by atoms with Crippen molar-refractivity contribution >= 4 is 17.9 Å². The van der Waals surface area contributed by atoms with Crippen LogP contribution in [0.1, 0.15) is 290 Å². The van der Waals surface area contributed by atoms with E-state index in [1.165, 1.54) is 116 Å². The lowest BCUT2D eigenvalue weighted by Gasteiger charge is -2.18. The second-order valence-electron chi connectivity index (χ2n) is 20.5. The smallest absolute Gasteiger partial charge is 0.306 e. The van der Waals surface area contributed by atoms with Crippen molar-refractivity contribution in [2.75, 3.05) is 13.2 Å². The van der Waals surface area contributed by atoms with Crippen LogP contribution in [0.2, 0.25) is 0 Å². The molecule has 0 spiro atoms. The second-order valence-corrected chi connectivity index (χ2v) is 20.5. The molecule has 0 saturated carbocycles. The molecule has 0 saturated heterocycles. The largest absolute Gasteiger partial charge is 0.462 e. The third kappa shape index (κ3) is 60.8. The highest BCUT2D eigenvalue weighted by Gasteiger charge is 2.19. The van der Waals surface area contributed by atoms with Gasteiger partial charge in [-0.1, -0.05) is 259 Å². The van der Waals surface area contributed by atoms with Crippen LogP contribution in [0, 0.1) is 0 Å². The molecular formula is C69H116O6. The standard InChI is InChI=1S/C69H116O6/c1-4-7-10-13-16-19-22-25-28-30-31-32-33-34-35-36-37-39-41-44-47-50-53-56-59-62-68(71)74-65-66(64-73-67(70)61-58-55-52-49-46-43-40-27-24-21-18-15-12-9-6-3)75-69(72)63-60-57-54-51-48-45-42-38-29-26-23-20-17-14-11-8-5-2/h7,9-10,12,16-21,25-29,31-32,40,66H,4-6,8,11,13-15,22-24,30,33-39,41-65H2,1-3H3/b10-7-,12-9-,19-16-,20-17-,21-18-,28-25-,29-26-,32-31-,40-27-. The molecule has 0 aromatic rings. The van der Waals surface area contributed by atoms with Crippen LogP contribution < -0.4 is 0 Å². The van der Waals surface area contributed by atoms with Crippen molar-refractivity contribution in [2.24, 2.45) is 0 Å². The van der Waals surface area contributed by atoms with Crippen LogP contribution in [0.25, 0.3) is 0 Å². The molecule has 1 unspecified atom stereocenters. The molecule has 428 valence electrons. The number of hydrogen-bond donors (Lipinski definition) is 0. The van der Waals surface area contributed by atoms with E-state index in [0.29, 0.717) is 19.3 Å². The SMILES string of the molecule is CC/C=C\C/C=C\C/C=C\C/C=C\CCCCCCCCCCCCCCC(=O)OCC(COC(=O)CCCCCCC/C=C\C/C=C\C/C=C\CC)OC(=O)CCCCCCCCC/C=C\C/C=C\CCCCC. The van der Waals surface area contributed by atoms with Crippen molar-refractivity contribution in [2.45, 2.75) is 297 Å². The van der Waals surface area contributed by atoms with Crippen molar-refractivity contribution in [3.8, 4) is 0 Å². The number of unbranched alkanes of at least 4 members (excludes halogenated alkanes) is 27. The van der Waals surface area contributed by atoms with Gasteiger partial charge < -0.3 is 14.2 Å². The number of carbonyl (C=O) groups is 3. The fourth-order valence-electron chi connectivity index (χ4n) is 8.60. The van der Waals surface area contributed by atoms with Crippen molar-refractivity contribution in [3.63, 3.8) is 0 Å². The molecule has 0 heterocycles. The van der Waals surface area contributed by atoms with Crippen LogP contribution in [-0.2, 0) is 28.6 Å². The van der Waals surface area contributed by atoms with E-state index in [1.807, 2.05) is 0 Å². The minimum Gasteiger partial charge on any atom is -0.462 e. The Labute approximate surface area is 463 Å². The van der Waals surface area contributed by atoms with Gasteiger partial charge in [0.1, 0.15) is 13.2 Å². The van der Waals surface area contributed by atoms with Gasteiger partial charge in [0.25, 0.3) is 0 Å². The predicted octanol–water partition coefficient (Wildman–Crippen LogP) is 21.4. The van der Waals surface area contributed by atoms with Gasteiger partial charge in [-0.15, -0.1) is 0 Å².